The quantitative estimate of drug-likeness (QED) is 0.692. The van der Waals surface area contributed by atoms with Crippen LogP contribution in [0.25, 0.3) is 22.6 Å². The highest BCUT2D eigenvalue weighted by Crippen LogP contribution is 2.31. The normalized spacial score (nSPS) is 10.6. The SMILES string of the molecule is Nc1cccc(-c2ncc(-c3ccccc3)[nH]2)c1Cl. The van der Waals surface area contributed by atoms with Crippen LogP contribution in [-0.2, 0) is 0 Å². The largest absolute Gasteiger partial charge is 0.398 e. The fourth-order valence-electron chi connectivity index (χ4n) is 1.96. The van der Waals surface area contributed by atoms with Crippen molar-refractivity contribution in [2.75, 3.05) is 5.73 Å². The van der Waals surface area contributed by atoms with Crippen LogP contribution in [0.2, 0.25) is 5.02 Å². The average molecular weight is 270 g/mol. The number of hydrogen-bond donors (Lipinski definition) is 2. The molecular weight excluding hydrogens is 258 g/mol. The number of imidazole rings is 1. The van der Waals surface area contributed by atoms with Crippen LogP contribution in [0.4, 0.5) is 5.69 Å². The highest BCUT2D eigenvalue weighted by molar-refractivity contribution is 6.35. The Hall–Kier alpha value is -2.26. The van der Waals surface area contributed by atoms with Crippen molar-refractivity contribution in [3.63, 3.8) is 0 Å². The summed E-state index contributed by atoms with van der Waals surface area (Å²) in [6.45, 7) is 0. The minimum Gasteiger partial charge on any atom is -0.398 e. The van der Waals surface area contributed by atoms with Gasteiger partial charge in [-0.25, -0.2) is 4.98 Å². The Balaban J connectivity index is 2.05. The Morgan fingerprint density at radius 3 is 2.58 bits per heavy atom. The predicted molar refractivity (Wildman–Crippen MR) is 78.9 cm³/mol. The number of aromatic amines is 1. The third kappa shape index (κ3) is 2.20. The van der Waals surface area contributed by atoms with Crippen molar-refractivity contribution in [2.24, 2.45) is 0 Å². The summed E-state index contributed by atoms with van der Waals surface area (Å²) >= 11 is 6.20. The maximum atomic E-state index is 6.20. The zero-order valence-electron chi connectivity index (χ0n) is 10.1. The number of halogens is 1. The predicted octanol–water partition coefficient (Wildman–Crippen LogP) is 3.98. The van der Waals surface area contributed by atoms with Gasteiger partial charge in [0.1, 0.15) is 5.82 Å². The van der Waals surface area contributed by atoms with Crippen LogP contribution in [-0.4, -0.2) is 9.97 Å². The molecule has 0 aliphatic heterocycles. The summed E-state index contributed by atoms with van der Waals surface area (Å²) in [5, 5.41) is 0.525. The van der Waals surface area contributed by atoms with E-state index in [1.807, 2.05) is 42.5 Å². The van der Waals surface area contributed by atoms with Crippen LogP contribution < -0.4 is 5.73 Å². The van der Waals surface area contributed by atoms with Gasteiger partial charge in [-0.3, -0.25) is 0 Å². The number of benzene rings is 2. The van der Waals surface area contributed by atoms with Gasteiger partial charge >= 0.3 is 0 Å². The molecule has 3 aromatic rings. The lowest BCUT2D eigenvalue weighted by atomic mass is 10.2. The number of hydrogen-bond acceptors (Lipinski definition) is 2. The highest BCUT2D eigenvalue weighted by atomic mass is 35.5. The maximum Gasteiger partial charge on any atom is 0.139 e. The Morgan fingerprint density at radius 1 is 1.00 bits per heavy atom. The van der Waals surface area contributed by atoms with Gasteiger partial charge in [0.15, 0.2) is 0 Å². The lowest BCUT2D eigenvalue weighted by Crippen LogP contribution is -1.89. The molecule has 3 N–H and O–H groups in total. The molecule has 0 radical (unpaired) electrons. The standard InChI is InChI=1S/C15H12ClN3/c16-14-11(7-4-8-12(14)17)15-18-9-13(19-15)10-5-2-1-3-6-10/h1-9H,17H2,(H,18,19). The van der Waals surface area contributed by atoms with E-state index in [1.165, 1.54) is 0 Å². The molecule has 0 aliphatic rings. The third-order valence-corrected chi connectivity index (χ3v) is 3.37. The van der Waals surface area contributed by atoms with Gasteiger partial charge in [-0.2, -0.15) is 0 Å². The first-order chi connectivity index (χ1) is 9.25. The zero-order valence-corrected chi connectivity index (χ0v) is 10.9. The molecule has 0 saturated carbocycles. The van der Waals surface area contributed by atoms with Crippen molar-refractivity contribution >= 4 is 17.3 Å². The Labute approximate surface area is 116 Å². The first kappa shape index (κ1) is 11.8. The van der Waals surface area contributed by atoms with Crippen LogP contribution in [0.15, 0.2) is 54.7 Å². The first-order valence-corrected chi connectivity index (χ1v) is 6.28. The molecule has 1 heterocycles. The summed E-state index contributed by atoms with van der Waals surface area (Å²) in [5.74, 6) is 0.719. The number of nitrogen functional groups attached to an aromatic ring is 1. The molecule has 3 nitrogen and oxygen atoms in total. The minimum absolute atomic E-state index is 0.525. The lowest BCUT2D eigenvalue weighted by molar-refractivity contribution is 1.31. The Bertz CT molecular complexity index is 704. The van der Waals surface area contributed by atoms with Crippen molar-refractivity contribution in [3.05, 3.63) is 59.8 Å². The van der Waals surface area contributed by atoms with E-state index in [9.17, 15) is 0 Å². The fourth-order valence-corrected chi connectivity index (χ4v) is 2.17. The van der Waals surface area contributed by atoms with E-state index in [-0.39, 0.29) is 0 Å². The van der Waals surface area contributed by atoms with Crippen LogP contribution in [0.5, 0.6) is 0 Å². The molecule has 0 aliphatic carbocycles. The topological polar surface area (TPSA) is 54.7 Å². The molecule has 4 heteroatoms. The van der Waals surface area contributed by atoms with E-state index in [2.05, 4.69) is 9.97 Å². The number of aromatic nitrogens is 2. The molecule has 0 saturated heterocycles. The van der Waals surface area contributed by atoms with E-state index in [1.54, 1.807) is 12.3 Å². The smallest absolute Gasteiger partial charge is 0.139 e. The number of anilines is 1. The summed E-state index contributed by atoms with van der Waals surface area (Å²) in [6, 6.07) is 15.5. The molecule has 0 atom stereocenters. The summed E-state index contributed by atoms with van der Waals surface area (Å²) in [6.07, 6.45) is 1.80. The molecule has 0 amide bonds. The summed E-state index contributed by atoms with van der Waals surface area (Å²) < 4.78 is 0. The molecule has 19 heavy (non-hydrogen) atoms. The van der Waals surface area contributed by atoms with E-state index in [0.29, 0.717) is 10.7 Å². The van der Waals surface area contributed by atoms with Gasteiger partial charge in [0.2, 0.25) is 0 Å². The van der Waals surface area contributed by atoms with Gasteiger partial charge in [-0.05, 0) is 17.7 Å². The number of nitrogens with zero attached hydrogens (tertiary/aromatic N) is 1. The summed E-state index contributed by atoms with van der Waals surface area (Å²) in [4.78, 5) is 7.63. The number of nitrogens with one attached hydrogen (secondary N) is 1. The second-order valence-corrected chi connectivity index (χ2v) is 4.60. The number of nitrogens with two attached hydrogens (primary N) is 1. The van der Waals surface area contributed by atoms with Gasteiger partial charge < -0.3 is 10.7 Å². The molecule has 3 rings (SSSR count). The molecule has 0 unspecified atom stereocenters. The van der Waals surface area contributed by atoms with Crippen LogP contribution >= 0.6 is 11.6 Å². The van der Waals surface area contributed by atoms with Gasteiger partial charge in [-0.1, -0.05) is 48.0 Å². The van der Waals surface area contributed by atoms with Crippen molar-refractivity contribution in [2.45, 2.75) is 0 Å². The minimum atomic E-state index is 0.525. The second kappa shape index (κ2) is 4.78. The average Bonchev–Trinajstić information content (AvgIpc) is 2.92. The van der Waals surface area contributed by atoms with E-state index < -0.39 is 0 Å². The fraction of sp³-hybridized carbons (Fsp3) is 0. The highest BCUT2D eigenvalue weighted by Gasteiger charge is 2.10. The van der Waals surface area contributed by atoms with Crippen LogP contribution in [0.3, 0.4) is 0 Å². The van der Waals surface area contributed by atoms with Gasteiger partial charge in [0.05, 0.1) is 22.6 Å². The number of H-pyrrole nitrogens is 1. The summed E-state index contributed by atoms with van der Waals surface area (Å²) in [5.41, 5.74) is 9.20. The summed E-state index contributed by atoms with van der Waals surface area (Å²) in [7, 11) is 0. The molecule has 2 aromatic carbocycles. The molecule has 0 spiro atoms. The monoisotopic (exact) mass is 269 g/mol. The van der Waals surface area contributed by atoms with Crippen molar-refractivity contribution < 1.29 is 0 Å². The van der Waals surface area contributed by atoms with Crippen molar-refractivity contribution in [3.8, 4) is 22.6 Å². The van der Waals surface area contributed by atoms with Gasteiger partial charge in [-0.15, -0.1) is 0 Å². The van der Waals surface area contributed by atoms with Crippen molar-refractivity contribution in [1.82, 2.24) is 9.97 Å². The lowest BCUT2D eigenvalue weighted by Gasteiger charge is -2.03. The van der Waals surface area contributed by atoms with E-state index >= 15 is 0 Å². The number of rotatable bonds is 2. The van der Waals surface area contributed by atoms with Gasteiger partial charge in [0, 0.05) is 5.56 Å². The van der Waals surface area contributed by atoms with E-state index in [0.717, 1.165) is 22.6 Å². The molecule has 0 bridgehead atoms. The van der Waals surface area contributed by atoms with Gasteiger partial charge in [0.25, 0.3) is 0 Å². The second-order valence-electron chi connectivity index (χ2n) is 4.22. The van der Waals surface area contributed by atoms with Crippen LogP contribution in [0, 0.1) is 0 Å². The molecular formula is C15H12ClN3. The molecule has 1 aromatic heterocycles. The first-order valence-electron chi connectivity index (χ1n) is 5.90. The third-order valence-electron chi connectivity index (χ3n) is 2.94. The maximum absolute atomic E-state index is 6.20. The van der Waals surface area contributed by atoms with E-state index in [4.69, 9.17) is 17.3 Å². The Morgan fingerprint density at radius 2 is 1.79 bits per heavy atom. The molecule has 94 valence electrons. The Kier molecular flexibility index (Phi) is 2.97. The van der Waals surface area contributed by atoms with Crippen molar-refractivity contribution in [1.29, 1.82) is 0 Å². The zero-order chi connectivity index (χ0) is 13.2. The van der Waals surface area contributed by atoms with Crippen LogP contribution in [0.1, 0.15) is 0 Å². The molecule has 0 fully saturated rings.